The van der Waals surface area contributed by atoms with Crippen LogP contribution < -0.4 is 5.32 Å². The molecule has 2 heterocycles. The van der Waals surface area contributed by atoms with Gasteiger partial charge in [0.1, 0.15) is 12.1 Å². The van der Waals surface area contributed by atoms with E-state index in [1.807, 2.05) is 0 Å². The molecule has 0 saturated carbocycles. The van der Waals surface area contributed by atoms with E-state index in [0.29, 0.717) is 23.7 Å². The molecule has 0 spiro atoms. The van der Waals surface area contributed by atoms with Gasteiger partial charge in [-0.25, -0.2) is 9.37 Å². The third-order valence-electron chi connectivity index (χ3n) is 5.40. The number of β-amino-alcohol motifs (C(OH)–C–C–N with tert-alkyl or cyclic N) is 1. The summed E-state index contributed by atoms with van der Waals surface area (Å²) in [5.74, 6) is -0.323. The summed E-state index contributed by atoms with van der Waals surface area (Å²) < 4.78 is 19.1. The third kappa shape index (κ3) is 6.35. The number of hydrogen-bond acceptors (Lipinski definition) is 6. The lowest BCUT2D eigenvalue weighted by molar-refractivity contribution is 0.0627. The van der Waals surface area contributed by atoms with E-state index in [1.165, 1.54) is 12.3 Å². The number of anilines is 1. The molecule has 3 rings (SSSR count). The van der Waals surface area contributed by atoms with Crippen molar-refractivity contribution in [3.63, 3.8) is 0 Å². The zero-order valence-corrected chi connectivity index (χ0v) is 17.7. The molecule has 1 aromatic heterocycles. The highest BCUT2D eigenvalue weighted by Gasteiger charge is 2.21. The van der Waals surface area contributed by atoms with Crippen molar-refractivity contribution in [3.05, 3.63) is 47.4 Å². The first-order chi connectivity index (χ1) is 14.4. The third-order valence-corrected chi connectivity index (χ3v) is 5.40. The summed E-state index contributed by atoms with van der Waals surface area (Å²) in [5, 5.41) is 12.7. The number of carbonyl (C=O) groups excluding carboxylic acids is 1. The highest BCUT2D eigenvalue weighted by Crippen LogP contribution is 2.15. The topological polar surface area (TPSA) is 81.8 Å². The van der Waals surface area contributed by atoms with Gasteiger partial charge in [-0.3, -0.25) is 14.6 Å². The van der Waals surface area contributed by atoms with Crippen LogP contribution in [0.1, 0.15) is 48.1 Å². The molecular formula is C22H31FN4O3. The van der Waals surface area contributed by atoms with Crippen LogP contribution in [0.2, 0.25) is 0 Å². The van der Waals surface area contributed by atoms with Gasteiger partial charge in [-0.05, 0) is 31.0 Å². The summed E-state index contributed by atoms with van der Waals surface area (Å²) in [7, 11) is 0. The predicted octanol–water partition coefficient (Wildman–Crippen LogP) is 3.04. The normalized spacial score (nSPS) is 16.5. The number of aromatic nitrogens is 1. The Morgan fingerprint density at radius 2 is 2.03 bits per heavy atom. The molecule has 0 radical (unpaired) electrons. The second-order valence-corrected chi connectivity index (χ2v) is 7.92. The number of nitrogens with one attached hydrogen (secondary N) is 1. The molecule has 2 aromatic rings. The summed E-state index contributed by atoms with van der Waals surface area (Å²) in [6, 6.07) is 4.55. The molecule has 8 heteroatoms. The second kappa shape index (κ2) is 10.7. The van der Waals surface area contributed by atoms with Crippen LogP contribution in [0.25, 0.3) is 0 Å². The first-order valence-electron chi connectivity index (χ1n) is 10.6. The van der Waals surface area contributed by atoms with Gasteiger partial charge < -0.3 is 14.8 Å². The molecular weight excluding hydrogens is 387 g/mol. The summed E-state index contributed by atoms with van der Waals surface area (Å²) in [4.78, 5) is 21.1. The standard InChI is InChI=1S/C22H31FN4O3/c1-3-4-5-18(28)13-26-8-10-27(11-9-26)14-21-25-20(15-30-21)22(29)24-17-7-6-16(2)19(23)12-17/h6-7,12,15,18,28H,3-5,8-11,13-14H2,1-2H3,(H,24,29). The number of hydrogen-bond donors (Lipinski definition) is 2. The molecule has 7 nitrogen and oxygen atoms in total. The van der Waals surface area contributed by atoms with Crippen molar-refractivity contribution >= 4 is 11.6 Å². The van der Waals surface area contributed by atoms with Crippen molar-refractivity contribution in [2.75, 3.05) is 38.0 Å². The Kier molecular flexibility index (Phi) is 7.95. The Morgan fingerprint density at radius 1 is 1.30 bits per heavy atom. The van der Waals surface area contributed by atoms with E-state index < -0.39 is 5.91 Å². The number of rotatable bonds is 9. The number of halogens is 1. The number of aliphatic hydroxyl groups excluding tert-OH is 1. The summed E-state index contributed by atoms with van der Waals surface area (Å²) in [6.07, 6.45) is 4.08. The van der Waals surface area contributed by atoms with Crippen LogP contribution in [-0.2, 0) is 6.54 Å². The van der Waals surface area contributed by atoms with Gasteiger partial charge in [0.05, 0.1) is 12.6 Å². The molecule has 2 N–H and O–H groups in total. The predicted molar refractivity (Wildman–Crippen MR) is 113 cm³/mol. The van der Waals surface area contributed by atoms with Gasteiger partial charge in [-0.15, -0.1) is 0 Å². The average Bonchev–Trinajstić information content (AvgIpc) is 3.19. The fraction of sp³-hybridized carbons (Fsp3) is 0.545. The number of aliphatic hydroxyl groups is 1. The number of oxazole rings is 1. The lowest BCUT2D eigenvalue weighted by atomic mass is 10.1. The van der Waals surface area contributed by atoms with Gasteiger partial charge in [0.2, 0.25) is 5.89 Å². The van der Waals surface area contributed by atoms with Crippen LogP contribution in [-0.4, -0.2) is 64.6 Å². The van der Waals surface area contributed by atoms with Crippen LogP contribution in [0.4, 0.5) is 10.1 Å². The largest absolute Gasteiger partial charge is 0.447 e. The molecule has 0 aliphatic carbocycles. The zero-order chi connectivity index (χ0) is 21.5. The van der Waals surface area contributed by atoms with Gasteiger partial charge in [-0.1, -0.05) is 25.8 Å². The molecule has 1 aliphatic rings. The second-order valence-electron chi connectivity index (χ2n) is 7.92. The van der Waals surface area contributed by atoms with E-state index in [2.05, 4.69) is 27.0 Å². The van der Waals surface area contributed by atoms with Crippen LogP contribution in [0, 0.1) is 12.7 Å². The highest BCUT2D eigenvalue weighted by molar-refractivity contribution is 6.02. The van der Waals surface area contributed by atoms with Crippen molar-refractivity contribution in [1.29, 1.82) is 0 Å². The van der Waals surface area contributed by atoms with Gasteiger partial charge in [0, 0.05) is 38.4 Å². The lowest BCUT2D eigenvalue weighted by Gasteiger charge is -2.35. The lowest BCUT2D eigenvalue weighted by Crippen LogP contribution is -2.48. The monoisotopic (exact) mass is 418 g/mol. The van der Waals surface area contributed by atoms with Crippen LogP contribution in [0.15, 0.2) is 28.9 Å². The quantitative estimate of drug-likeness (QED) is 0.651. The molecule has 0 bridgehead atoms. The molecule has 30 heavy (non-hydrogen) atoms. The average molecular weight is 419 g/mol. The summed E-state index contributed by atoms with van der Waals surface area (Å²) in [6.45, 7) is 8.52. The molecule has 1 unspecified atom stereocenters. The Balaban J connectivity index is 1.45. The molecule has 1 amide bonds. The summed E-state index contributed by atoms with van der Waals surface area (Å²) in [5.41, 5.74) is 1.07. The maximum atomic E-state index is 13.6. The minimum atomic E-state index is -0.431. The highest BCUT2D eigenvalue weighted by atomic mass is 19.1. The number of nitrogens with zero attached hydrogens (tertiary/aromatic N) is 3. The number of piperazine rings is 1. The van der Waals surface area contributed by atoms with E-state index in [9.17, 15) is 14.3 Å². The SMILES string of the molecule is CCCCC(O)CN1CCN(Cc2nc(C(=O)Nc3ccc(C)c(F)c3)co2)CC1. The molecule has 1 fully saturated rings. The Bertz CT molecular complexity index is 834. The van der Waals surface area contributed by atoms with Crippen molar-refractivity contribution < 1.29 is 18.7 Å². The number of amides is 1. The van der Waals surface area contributed by atoms with Gasteiger partial charge in [-0.2, -0.15) is 0 Å². The first kappa shape index (κ1) is 22.4. The van der Waals surface area contributed by atoms with Gasteiger partial charge in [0.15, 0.2) is 5.69 Å². The molecule has 1 aromatic carbocycles. The number of unbranched alkanes of at least 4 members (excludes halogenated alkanes) is 1. The smallest absolute Gasteiger partial charge is 0.277 e. The maximum Gasteiger partial charge on any atom is 0.277 e. The number of aryl methyl sites for hydroxylation is 1. The fourth-order valence-electron chi connectivity index (χ4n) is 3.50. The van der Waals surface area contributed by atoms with Gasteiger partial charge >= 0.3 is 0 Å². The molecule has 1 aliphatic heterocycles. The maximum absolute atomic E-state index is 13.6. The zero-order valence-electron chi connectivity index (χ0n) is 17.7. The van der Waals surface area contributed by atoms with Crippen LogP contribution >= 0.6 is 0 Å². The van der Waals surface area contributed by atoms with Crippen molar-refractivity contribution in [2.45, 2.75) is 45.8 Å². The Morgan fingerprint density at radius 3 is 2.73 bits per heavy atom. The van der Waals surface area contributed by atoms with E-state index >= 15 is 0 Å². The molecule has 164 valence electrons. The van der Waals surface area contributed by atoms with E-state index in [0.717, 1.165) is 52.0 Å². The molecule has 1 atom stereocenters. The van der Waals surface area contributed by atoms with Crippen LogP contribution in [0.5, 0.6) is 0 Å². The van der Waals surface area contributed by atoms with Crippen molar-refractivity contribution in [3.8, 4) is 0 Å². The van der Waals surface area contributed by atoms with Crippen molar-refractivity contribution in [2.24, 2.45) is 0 Å². The number of benzene rings is 1. The Hall–Kier alpha value is -2.29. The number of carbonyl (C=O) groups is 1. The van der Waals surface area contributed by atoms with Crippen molar-refractivity contribution in [1.82, 2.24) is 14.8 Å². The first-order valence-corrected chi connectivity index (χ1v) is 10.6. The van der Waals surface area contributed by atoms with Gasteiger partial charge in [0.25, 0.3) is 5.91 Å². The van der Waals surface area contributed by atoms with E-state index in [1.54, 1.807) is 19.1 Å². The minimum absolute atomic E-state index is 0.170. The minimum Gasteiger partial charge on any atom is -0.447 e. The Labute approximate surface area is 176 Å². The summed E-state index contributed by atoms with van der Waals surface area (Å²) >= 11 is 0. The molecule has 1 saturated heterocycles. The van der Waals surface area contributed by atoms with E-state index in [4.69, 9.17) is 4.42 Å². The van der Waals surface area contributed by atoms with E-state index in [-0.39, 0.29) is 17.6 Å². The fourth-order valence-corrected chi connectivity index (χ4v) is 3.50. The van der Waals surface area contributed by atoms with Crippen LogP contribution in [0.3, 0.4) is 0 Å².